The van der Waals surface area contributed by atoms with Crippen LogP contribution in [0.3, 0.4) is 0 Å². The van der Waals surface area contributed by atoms with E-state index in [0.717, 1.165) is 25.6 Å². The molecule has 0 spiro atoms. The molecule has 0 unspecified atom stereocenters. The van der Waals surface area contributed by atoms with Crippen molar-refractivity contribution in [3.8, 4) is 0 Å². The Balaban J connectivity index is 2.12. The van der Waals surface area contributed by atoms with Crippen LogP contribution < -0.4 is 4.90 Å². The molecule has 106 valence electrons. The minimum Gasteiger partial charge on any atom is -0.335 e. The third-order valence-corrected chi connectivity index (χ3v) is 3.15. The van der Waals surface area contributed by atoms with Crippen LogP contribution in [0.4, 0.5) is 5.95 Å². The van der Waals surface area contributed by atoms with Gasteiger partial charge in [-0.1, -0.05) is 29.8 Å². The average molecular weight is 270 g/mol. The number of aryl methyl sites for hydroxylation is 1. The van der Waals surface area contributed by atoms with Gasteiger partial charge in [0, 0.05) is 32.0 Å². The molecule has 2 aromatic rings. The monoisotopic (exact) mass is 270 g/mol. The van der Waals surface area contributed by atoms with Crippen molar-refractivity contribution in [3.63, 3.8) is 0 Å². The van der Waals surface area contributed by atoms with Crippen molar-refractivity contribution in [1.82, 2.24) is 14.9 Å². The summed E-state index contributed by atoms with van der Waals surface area (Å²) in [5, 5.41) is 0. The molecule has 0 fully saturated rings. The quantitative estimate of drug-likeness (QED) is 0.806. The molecule has 20 heavy (non-hydrogen) atoms. The van der Waals surface area contributed by atoms with E-state index in [1.54, 1.807) is 12.4 Å². The predicted molar refractivity (Wildman–Crippen MR) is 82.8 cm³/mol. The van der Waals surface area contributed by atoms with Gasteiger partial charge in [-0.3, -0.25) is 0 Å². The first-order valence-electron chi connectivity index (χ1n) is 6.87. The molecule has 1 aromatic heterocycles. The highest BCUT2D eigenvalue weighted by Crippen LogP contribution is 2.12. The summed E-state index contributed by atoms with van der Waals surface area (Å²) in [6.07, 6.45) is 3.58. The molecule has 0 aliphatic rings. The van der Waals surface area contributed by atoms with Gasteiger partial charge in [-0.05, 0) is 32.6 Å². The molecule has 1 aromatic carbocycles. The molecule has 0 radical (unpaired) electrons. The molecule has 0 saturated carbocycles. The van der Waals surface area contributed by atoms with E-state index in [0.29, 0.717) is 0 Å². The van der Waals surface area contributed by atoms with Gasteiger partial charge < -0.3 is 9.80 Å². The maximum absolute atomic E-state index is 4.37. The van der Waals surface area contributed by atoms with Gasteiger partial charge in [0.05, 0.1) is 0 Å². The van der Waals surface area contributed by atoms with E-state index in [1.807, 2.05) is 6.07 Å². The molecule has 0 aliphatic heterocycles. The van der Waals surface area contributed by atoms with Gasteiger partial charge in [-0.25, -0.2) is 9.97 Å². The minimum absolute atomic E-state index is 0.787. The van der Waals surface area contributed by atoms with E-state index >= 15 is 0 Å². The van der Waals surface area contributed by atoms with Gasteiger partial charge in [0.15, 0.2) is 0 Å². The van der Waals surface area contributed by atoms with Gasteiger partial charge in [0.25, 0.3) is 0 Å². The number of nitrogens with zero attached hydrogens (tertiary/aromatic N) is 4. The lowest BCUT2D eigenvalue weighted by Gasteiger charge is -2.24. The fourth-order valence-corrected chi connectivity index (χ4v) is 1.94. The van der Waals surface area contributed by atoms with E-state index < -0.39 is 0 Å². The molecule has 1 heterocycles. The summed E-state index contributed by atoms with van der Waals surface area (Å²) in [5.74, 6) is 0.787. The van der Waals surface area contributed by atoms with Gasteiger partial charge in [-0.15, -0.1) is 0 Å². The van der Waals surface area contributed by atoms with Crippen molar-refractivity contribution in [2.45, 2.75) is 13.5 Å². The fourth-order valence-electron chi connectivity index (χ4n) is 1.94. The lowest BCUT2D eigenvalue weighted by atomic mass is 10.1. The van der Waals surface area contributed by atoms with E-state index in [2.05, 4.69) is 65.1 Å². The SMILES string of the molecule is Cc1ccc(CN(CCN(C)C)c2ncccn2)cc1. The Morgan fingerprint density at radius 1 is 0.950 bits per heavy atom. The van der Waals surface area contributed by atoms with Crippen LogP contribution in [0.5, 0.6) is 0 Å². The van der Waals surface area contributed by atoms with Crippen LogP contribution >= 0.6 is 0 Å². The smallest absolute Gasteiger partial charge is 0.225 e. The minimum atomic E-state index is 0.787. The lowest BCUT2D eigenvalue weighted by molar-refractivity contribution is 0.411. The van der Waals surface area contributed by atoms with Crippen LogP contribution in [-0.2, 0) is 6.54 Å². The zero-order valence-electron chi connectivity index (χ0n) is 12.5. The summed E-state index contributed by atoms with van der Waals surface area (Å²) in [6, 6.07) is 10.5. The summed E-state index contributed by atoms with van der Waals surface area (Å²) in [7, 11) is 4.16. The van der Waals surface area contributed by atoms with Crippen LogP contribution in [0.25, 0.3) is 0 Å². The molecule has 0 N–H and O–H groups in total. The Morgan fingerprint density at radius 2 is 1.60 bits per heavy atom. The normalized spacial score (nSPS) is 10.8. The molecule has 0 atom stereocenters. The Hall–Kier alpha value is -1.94. The Morgan fingerprint density at radius 3 is 2.20 bits per heavy atom. The van der Waals surface area contributed by atoms with Crippen molar-refractivity contribution in [2.24, 2.45) is 0 Å². The molecule has 0 amide bonds. The van der Waals surface area contributed by atoms with E-state index in [-0.39, 0.29) is 0 Å². The maximum Gasteiger partial charge on any atom is 0.225 e. The number of rotatable bonds is 6. The zero-order chi connectivity index (χ0) is 14.4. The molecular weight excluding hydrogens is 248 g/mol. The van der Waals surface area contributed by atoms with Crippen molar-refractivity contribution in [2.75, 3.05) is 32.1 Å². The summed E-state index contributed by atoms with van der Waals surface area (Å²) in [6.45, 7) is 4.82. The molecule has 4 nitrogen and oxygen atoms in total. The molecule has 0 aliphatic carbocycles. The van der Waals surface area contributed by atoms with Crippen LogP contribution in [0, 0.1) is 6.92 Å². The van der Waals surface area contributed by atoms with E-state index in [4.69, 9.17) is 0 Å². The highest BCUT2D eigenvalue weighted by atomic mass is 15.3. The van der Waals surface area contributed by atoms with E-state index in [9.17, 15) is 0 Å². The van der Waals surface area contributed by atoms with Crippen LogP contribution in [0.2, 0.25) is 0 Å². The highest BCUT2D eigenvalue weighted by molar-refractivity contribution is 5.32. The second-order valence-corrected chi connectivity index (χ2v) is 5.26. The number of hydrogen-bond acceptors (Lipinski definition) is 4. The molecule has 0 bridgehead atoms. The average Bonchev–Trinajstić information content (AvgIpc) is 2.46. The first-order chi connectivity index (χ1) is 9.65. The van der Waals surface area contributed by atoms with Crippen LogP contribution in [-0.4, -0.2) is 42.1 Å². The van der Waals surface area contributed by atoms with Crippen molar-refractivity contribution < 1.29 is 0 Å². The Bertz CT molecular complexity index is 508. The largest absolute Gasteiger partial charge is 0.335 e. The lowest BCUT2D eigenvalue weighted by Crippen LogP contribution is -2.32. The Labute approximate surface area is 121 Å². The number of anilines is 1. The summed E-state index contributed by atoms with van der Waals surface area (Å²) < 4.78 is 0. The maximum atomic E-state index is 4.37. The molecule has 2 rings (SSSR count). The van der Waals surface area contributed by atoms with Gasteiger partial charge in [-0.2, -0.15) is 0 Å². The van der Waals surface area contributed by atoms with Crippen molar-refractivity contribution in [1.29, 1.82) is 0 Å². The third kappa shape index (κ3) is 4.31. The molecule has 4 heteroatoms. The number of benzene rings is 1. The van der Waals surface area contributed by atoms with Gasteiger partial charge in [0.2, 0.25) is 5.95 Å². The number of likely N-dealkylation sites (N-methyl/N-ethyl adjacent to an activating group) is 1. The highest BCUT2D eigenvalue weighted by Gasteiger charge is 2.10. The van der Waals surface area contributed by atoms with Crippen molar-refractivity contribution >= 4 is 5.95 Å². The van der Waals surface area contributed by atoms with Gasteiger partial charge in [0.1, 0.15) is 0 Å². The molecule has 0 saturated heterocycles. The topological polar surface area (TPSA) is 32.3 Å². The predicted octanol–water partition coefficient (Wildman–Crippen LogP) is 2.35. The van der Waals surface area contributed by atoms with Crippen molar-refractivity contribution in [3.05, 3.63) is 53.9 Å². The van der Waals surface area contributed by atoms with E-state index in [1.165, 1.54) is 11.1 Å². The van der Waals surface area contributed by atoms with Gasteiger partial charge >= 0.3 is 0 Å². The first kappa shape index (κ1) is 14.5. The molecular formula is C16H22N4. The Kier molecular flexibility index (Phi) is 5.07. The second-order valence-electron chi connectivity index (χ2n) is 5.26. The summed E-state index contributed by atoms with van der Waals surface area (Å²) >= 11 is 0. The van der Waals surface area contributed by atoms with Crippen LogP contribution in [0.15, 0.2) is 42.7 Å². The van der Waals surface area contributed by atoms with Crippen LogP contribution in [0.1, 0.15) is 11.1 Å². The standard InChI is InChI=1S/C16H22N4/c1-14-5-7-15(8-6-14)13-20(12-11-19(2)3)16-17-9-4-10-18-16/h4-10H,11-13H2,1-3H3. The zero-order valence-corrected chi connectivity index (χ0v) is 12.5. The number of aromatic nitrogens is 2. The first-order valence-corrected chi connectivity index (χ1v) is 6.87. The summed E-state index contributed by atoms with van der Waals surface area (Å²) in [5.41, 5.74) is 2.56. The summed E-state index contributed by atoms with van der Waals surface area (Å²) in [4.78, 5) is 13.1. The second kappa shape index (κ2) is 7.01. The number of hydrogen-bond donors (Lipinski definition) is 0. The fraction of sp³-hybridized carbons (Fsp3) is 0.375. The third-order valence-electron chi connectivity index (χ3n) is 3.15.